The Hall–Kier alpha value is -2.93. The van der Waals surface area contributed by atoms with Crippen LogP contribution in [0.15, 0.2) is 42.7 Å². The van der Waals surface area contributed by atoms with Gasteiger partial charge in [0.05, 0.1) is 29.5 Å². The first kappa shape index (κ1) is 25.2. The highest BCUT2D eigenvalue weighted by Gasteiger charge is 2.21. The van der Waals surface area contributed by atoms with E-state index in [-0.39, 0.29) is 0 Å². The Morgan fingerprint density at radius 2 is 1.89 bits per heavy atom. The van der Waals surface area contributed by atoms with Crippen LogP contribution in [0, 0.1) is 13.8 Å². The van der Waals surface area contributed by atoms with E-state index in [2.05, 4.69) is 25.7 Å². The molecule has 10 heteroatoms. The molecule has 0 bridgehead atoms. The molecule has 2 aromatic carbocycles. The Kier molecular flexibility index (Phi) is 6.66. The number of nitrogens with zero attached hydrogens (tertiary/aromatic N) is 4. The molecule has 0 fully saturated rings. The Bertz CT molecular complexity index is 1450. The molecule has 0 atom stereocenters. The van der Waals surface area contributed by atoms with E-state index in [1.807, 2.05) is 50.4 Å². The van der Waals surface area contributed by atoms with Gasteiger partial charge in [0, 0.05) is 22.6 Å². The first-order valence-electron chi connectivity index (χ1n) is 11.2. The topological polar surface area (TPSA) is 105 Å². The highest BCUT2D eigenvalue weighted by Crippen LogP contribution is 2.41. The molecule has 4 aromatic rings. The van der Waals surface area contributed by atoms with Gasteiger partial charge in [-0.2, -0.15) is 10.1 Å². The second kappa shape index (κ2) is 9.26. The number of hydrogen-bond acceptors (Lipinski definition) is 7. The fourth-order valence-electron chi connectivity index (χ4n) is 3.99. The molecule has 0 aliphatic rings. The quantitative estimate of drug-likeness (QED) is 0.277. The largest absolute Gasteiger partial charge is 0.389 e. The molecule has 0 spiro atoms. The zero-order valence-electron chi connectivity index (χ0n) is 20.7. The molecule has 0 unspecified atom stereocenters. The number of aliphatic hydroxyl groups is 1. The predicted octanol–water partition coefficient (Wildman–Crippen LogP) is 5.60. The third-order valence-corrected chi connectivity index (χ3v) is 7.53. The molecular weight excluding hydrogens is 483 g/mol. The van der Waals surface area contributed by atoms with Crippen LogP contribution in [0.3, 0.4) is 0 Å². The third kappa shape index (κ3) is 5.84. The molecule has 184 valence electrons. The molecular formula is C25H30ClN6O2P. The van der Waals surface area contributed by atoms with Gasteiger partial charge in [-0.1, -0.05) is 17.7 Å². The monoisotopic (exact) mass is 512 g/mol. The minimum atomic E-state index is -2.56. The fourth-order valence-corrected chi connectivity index (χ4v) is 5.82. The zero-order valence-corrected chi connectivity index (χ0v) is 22.4. The maximum absolute atomic E-state index is 13.0. The summed E-state index contributed by atoms with van der Waals surface area (Å²) < 4.78 is 14.8. The number of aryl methyl sites for hydroxylation is 1. The molecule has 0 saturated heterocycles. The summed E-state index contributed by atoms with van der Waals surface area (Å²) in [6.07, 6.45) is 3.42. The summed E-state index contributed by atoms with van der Waals surface area (Å²) in [5.41, 5.74) is 3.47. The lowest BCUT2D eigenvalue weighted by Crippen LogP contribution is -2.26. The molecule has 2 aromatic heterocycles. The lowest BCUT2D eigenvalue weighted by Gasteiger charge is -2.19. The van der Waals surface area contributed by atoms with Crippen LogP contribution in [-0.2, 0) is 11.1 Å². The highest BCUT2D eigenvalue weighted by molar-refractivity contribution is 7.70. The van der Waals surface area contributed by atoms with Gasteiger partial charge in [0.2, 0.25) is 5.95 Å². The van der Waals surface area contributed by atoms with Gasteiger partial charge in [-0.3, -0.25) is 4.68 Å². The van der Waals surface area contributed by atoms with Gasteiger partial charge in [0.1, 0.15) is 12.2 Å². The van der Waals surface area contributed by atoms with Gasteiger partial charge in [0.25, 0.3) is 0 Å². The van der Waals surface area contributed by atoms with Gasteiger partial charge in [0.15, 0.2) is 5.82 Å². The average Bonchev–Trinajstić information content (AvgIpc) is 3.12. The van der Waals surface area contributed by atoms with E-state index >= 15 is 0 Å². The summed E-state index contributed by atoms with van der Waals surface area (Å²) in [5, 5.41) is 23.2. The first-order chi connectivity index (χ1) is 16.3. The van der Waals surface area contributed by atoms with Crippen molar-refractivity contribution in [2.24, 2.45) is 0 Å². The lowest BCUT2D eigenvalue weighted by molar-refractivity contribution is 0.0580. The molecule has 8 nitrogen and oxygen atoms in total. The molecule has 0 radical (unpaired) electrons. The Morgan fingerprint density at radius 1 is 1.14 bits per heavy atom. The fraction of sp³-hybridized carbons (Fsp3) is 0.320. The van der Waals surface area contributed by atoms with Crippen molar-refractivity contribution in [1.82, 2.24) is 19.7 Å². The van der Waals surface area contributed by atoms with Crippen LogP contribution >= 0.6 is 18.7 Å². The van der Waals surface area contributed by atoms with Crippen LogP contribution in [-0.4, -0.2) is 43.8 Å². The predicted molar refractivity (Wildman–Crippen MR) is 145 cm³/mol. The van der Waals surface area contributed by atoms with Crippen molar-refractivity contribution >= 4 is 58.1 Å². The van der Waals surface area contributed by atoms with Crippen LogP contribution in [0.1, 0.15) is 25.0 Å². The van der Waals surface area contributed by atoms with Gasteiger partial charge in [-0.25, -0.2) is 4.98 Å². The normalized spacial score (nSPS) is 12.2. The average molecular weight is 513 g/mol. The number of anilines is 4. The summed E-state index contributed by atoms with van der Waals surface area (Å²) in [5.74, 6) is 0.770. The van der Waals surface area contributed by atoms with Crippen LogP contribution in [0.4, 0.5) is 23.1 Å². The number of benzene rings is 2. The van der Waals surface area contributed by atoms with E-state index in [0.717, 1.165) is 33.0 Å². The van der Waals surface area contributed by atoms with Gasteiger partial charge < -0.3 is 20.3 Å². The molecule has 0 saturated carbocycles. The zero-order chi connectivity index (χ0) is 25.5. The van der Waals surface area contributed by atoms with Crippen LogP contribution in [0.25, 0.3) is 10.9 Å². The molecule has 4 rings (SSSR count). The van der Waals surface area contributed by atoms with Crippen molar-refractivity contribution < 1.29 is 9.67 Å². The number of aromatic nitrogens is 4. The lowest BCUT2D eigenvalue weighted by atomic mass is 10.1. The standard InChI is InChI=1S/C25H30ClN6O2P/c1-15-7-10-20(22(16(15)2)35(5,6)34)29-23-19(26)12-27-24(30-23)28-18-9-8-17-13-32(14-25(3,4)33)31-21(17)11-18/h7-13,33H,14H2,1-6H3,(H2,27,28,29,30). The van der Waals surface area contributed by atoms with Crippen molar-refractivity contribution in [1.29, 1.82) is 0 Å². The minimum absolute atomic E-state index is 0.350. The summed E-state index contributed by atoms with van der Waals surface area (Å²) in [4.78, 5) is 8.86. The summed E-state index contributed by atoms with van der Waals surface area (Å²) >= 11 is 6.40. The third-order valence-electron chi connectivity index (χ3n) is 5.60. The summed E-state index contributed by atoms with van der Waals surface area (Å²) in [6, 6.07) is 9.64. The van der Waals surface area contributed by atoms with Crippen LogP contribution in [0.2, 0.25) is 5.02 Å². The van der Waals surface area contributed by atoms with E-state index in [1.54, 1.807) is 31.9 Å². The maximum atomic E-state index is 13.0. The minimum Gasteiger partial charge on any atom is -0.389 e. The second-order valence-corrected chi connectivity index (χ2v) is 13.4. The van der Waals surface area contributed by atoms with Crippen molar-refractivity contribution in [2.75, 3.05) is 24.0 Å². The Morgan fingerprint density at radius 3 is 2.57 bits per heavy atom. The van der Waals surface area contributed by atoms with Crippen LogP contribution < -0.4 is 15.9 Å². The maximum Gasteiger partial charge on any atom is 0.229 e. The van der Waals surface area contributed by atoms with Gasteiger partial charge in [-0.05, 0) is 76.4 Å². The van der Waals surface area contributed by atoms with Gasteiger partial charge >= 0.3 is 0 Å². The smallest absolute Gasteiger partial charge is 0.229 e. The van der Waals surface area contributed by atoms with Crippen molar-refractivity contribution in [3.05, 3.63) is 58.9 Å². The molecule has 0 amide bonds. The SMILES string of the molecule is Cc1ccc(Nc2nc(Nc3ccc4cn(CC(C)(C)O)nc4c3)ncc2Cl)c(P(C)(C)=O)c1C. The number of fused-ring (bicyclic) bond motifs is 1. The Balaban J connectivity index is 1.62. The van der Waals surface area contributed by atoms with Crippen LogP contribution in [0.5, 0.6) is 0 Å². The van der Waals surface area contributed by atoms with E-state index < -0.39 is 12.7 Å². The molecule has 0 aliphatic carbocycles. The molecule has 35 heavy (non-hydrogen) atoms. The van der Waals surface area contributed by atoms with E-state index in [1.165, 1.54) is 6.20 Å². The number of nitrogens with one attached hydrogen (secondary N) is 2. The molecule has 2 heterocycles. The Labute approximate surface area is 210 Å². The van der Waals surface area contributed by atoms with Crippen molar-refractivity contribution in [2.45, 2.75) is 39.8 Å². The molecule has 3 N–H and O–H groups in total. The number of hydrogen-bond donors (Lipinski definition) is 3. The molecule has 0 aliphatic heterocycles. The summed E-state index contributed by atoms with van der Waals surface area (Å²) in [7, 11) is -2.56. The summed E-state index contributed by atoms with van der Waals surface area (Å²) in [6.45, 7) is 11.4. The highest BCUT2D eigenvalue weighted by atomic mass is 35.5. The number of halogens is 1. The second-order valence-electron chi connectivity index (χ2n) is 9.81. The number of rotatable bonds is 7. The van der Waals surface area contributed by atoms with Crippen molar-refractivity contribution in [3.63, 3.8) is 0 Å². The first-order valence-corrected chi connectivity index (χ1v) is 14.2. The van der Waals surface area contributed by atoms with E-state index in [9.17, 15) is 9.67 Å². The van der Waals surface area contributed by atoms with E-state index in [4.69, 9.17) is 11.6 Å². The van der Waals surface area contributed by atoms with Gasteiger partial charge in [-0.15, -0.1) is 0 Å². The van der Waals surface area contributed by atoms with E-state index in [0.29, 0.717) is 29.0 Å². The van der Waals surface area contributed by atoms with Crippen molar-refractivity contribution in [3.8, 4) is 0 Å².